The van der Waals surface area contributed by atoms with E-state index in [0.717, 1.165) is 0 Å². The third kappa shape index (κ3) is 3.97. The summed E-state index contributed by atoms with van der Waals surface area (Å²) in [6.07, 6.45) is 1.87. The van der Waals surface area contributed by atoms with Crippen molar-refractivity contribution in [1.82, 2.24) is 4.57 Å². The Morgan fingerprint density at radius 3 is 2.41 bits per heavy atom. The summed E-state index contributed by atoms with van der Waals surface area (Å²) in [5.74, 6) is 0.179. The Hall–Kier alpha value is -2.56. The molecule has 116 valence electrons. The second kappa shape index (κ2) is 6.93. The number of rotatable bonds is 6. The molecular weight excluding hydrogens is 282 g/mol. The molecule has 5 heteroatoms. The Morgan fingerprint density at radius 2 is 1.86 bits per heavy atom. The fraction of sp³-hybridized carbons (Fsp3) is 0.294. The number of nitrogens with zero attached hydrogens (tertiary/aromatic N) is 1. The molecule has 0 fully saturated rings. The molecule has 5 nitrogen and oxygen atoms in total. The van der Waals surface area contributed by atoms with Crippen LogP contribution in [-0.4, -0.2) is 15.6 Å². The van der Waals surface area contributed by atoms with Crippen molar-refractivity contribution in [3.05, 3.63) is 59.0 Å². The number of benzene rings is 1. The minimum absolute atomic E-state index is 0.174. The maximum Gasteiger partial charge on any atom is 0.326 e. The molecule has 0 radical (unpaired) electrons. The van der Waals surface area contributed by atoms with Crippen LogP contribution in [0, 0.1) is 5.92 Å². The number of ether oxygens (including phenoxy) is 1. The summed E-state index contributed by atoms with van der Waals surface area (Å²) in [4.78, 5) is 23.5. The lowest BCUT2D eigenvalue weighted by Gasteiger charge is -2.17. The minimum atomic E-state index is -1.01. The van der Waals surface area contributed by atoms with E-state index in [4.69, 9.17) is 4.74 Å². The van der Waals surface area contributed by atoms with Gasteiger partial charge in [-0.2, -0.15) is 0 Å². The lowest BCUT2D eigenvalue weighted by Crippen LogP contribution is -2.30. The third-order valence-corrected chi connectivity index (χ3v) is 3.21. The number of aromatic nitrogens is 1. The Kier molecular flexibility index (Phi) is 4.99. The number of carboxylic acids is 1. The summed E-state index contributed by atoms with van der Waals surface area (Å²) < 4.78 is 6.81. The molecule has 1 aromatic carbocycles. The number of carbonyl (C=O) groups is 1. The minimum Gasteiger partial charge on any atom is -0.480 e. The highest BCUT2D eigenvalue weighted by molar-refractivity contribution is 5.71. The monoisotopic (exact) mass is 301 g/mol. The van der Waals surface area contributed by atoms with Gasteiger partial charge in [-0.3, -0.25) is 4.79 Å². The predicted molar refractivity (Wildman–Crippen MR) is 83.3 cm³/mol. The topological polar surface area (TPSA) is 68.5 Å². The van der Waals surface area contributed by atoms with Gasteiger partial charge in [0.25, 0.3) is 5.56 Å². The predicted octanol–water partition coefficient (Wildman–Crippen LogP) is 3.31. The standard InChI is InChI=1S/C17H19NO4/c1-12(2)10-15(17(20)21)18-9-8-14(11-16(18)19)22-13-6-4-3-5-7-13/h3-9,11-12,15H,10H2,1-2H3,(H,20,21). The largest absolute Gasteiger partial charge is 0.480 e. The normalized spacial score (nSPS) is 12.1. The first kappa shape index (κ1) is 15.8. The van der Waals surface area contributed by atoms with Crippen molar-refractivity contribution < 1.29 is 14.6 Å². The van der Waals surface area contributed by atoms with E-state index in [0.29, 0.717) is 17.9 Å². The van der Waals surface area contributed by atoms with Gasteiger partial charge in [0.2, 0.25) is 0 Å². The summed E-state index contributed by atoms with van der Waals surface area (Å²) in [5.41, 5.74) is -0.388. The van der Waals surface area contributed by atoms with E-state index in [1.807, 2.05) is 32.0 Å². The second-order valence-corrected chi connectivity index (χ2v) is 5.51. The highest BCUT2D eigenvalue weighted by atomic mass is 16.5. The van der Waals surface area contributed by atoms with Crippen molar-refractivity contribution in [2.75, 3.05) is 0 Å². The van der Waals surface area contributed by atoms with Crippen LogP contribution in [0.3, 0.4) is 0 Å². The molecule has 1 N–H and O–H groups in total. The van der Waals surface area contributed by atoms with Crippen LogP contribution in [-0.2, 0) is 4.79 Å². The van der Waals surface area contributed by atoms with Crippen molar-refractivity contribution in [3.63, 3.8) is 0 Å². The number of hydrogen-bond donors (Lipinski definition) is 1. The van der Waals surface area contributed by atoms with E-state index in [2.05, 4.69) is 0 Å². The molecule has 0 bridgehead atoms. The molecule has 0 spiro atoms. The van der Waals surface area contributed by atoms with Crippen molar-refractivity contribution in [1.29, 1.82) is 0 Å². The van der Waals surface area contributed by atoms with Gasteiger partial charge in [-0.05, 0) is 30.5 Å². The number of hydrogen-bond acceptors (Lipinski definition) is 3. The van der Waals surface area contributed by atoms with Gasteiger partial charge in [-0.1, -0.05) is 32.0 Å². The molecule has 0 aliphatic rings. The van der Waals surface area contributed by atoms with Crippen molar-refractivity contribution in [3.8, 4) is 11.5 Å². The van der Waals surface area contributed by atoms with Gasteiger partial charge in [0, 0.05) is 12.3 Å². The molecule has 0 aliphatic heterocycles. The van der Waals surface area contributed by atoms with E-state index in [9.17, 15) is 14.7 Å². The summed E-state index contributed by atoms with van der Waals surface area (Å²) in [6, 6.07) is 11.1. The molecular formula is C17H19NO4. The van der Waals surface area contributed by atoms with Crippen molar-refractivity contribution in [2.24, 2.45) is 5.92 Å². The Morgan fingerprint density at radius 1 is 1.18 bits per heavy atom. The fourth-order valence-electron chi connectivity index (χ4n) is 2.20. The van der Waals surface area contributed by atoms with E-state index in [1.165, 1.54) is 16.8 Å². The van der Waals surface area contributed by atoms with Crippen LogP contribution in [0.25, 0.3) is 0 Å². The third-order valence-electron chi connectivity index (χ3n) is 3.21. The number of pyridine rings is 1. The van der Waals surface area contributed by atoms with Gasteiger partial charge in [-0.15, -0.1) is 0 Å². The number of aliphatic carboxylic acids is 1. The van der Waals surface area contributed by atoms with E-state index < -0.39 is 12.0 Å². The fourth-order valence-corrected chi connectivity index (χ4v) is 2.20. The van der Waals surface area contributed by atoms with Crippen LogP contribution in [0.15, 0.2) is 53.5 Å². The summed E-state index contributed by atoms with van der Waals surface area (Å²) in [6.45, 7) is 3.85. The first-order chi connectivity index (χ1) is 10.5. The quantitative estimate of drug-likeness (QED) is 0.888. The zero-order chi connectivity index (χ0) is 16.1. The van der Waals surface area contributed by atoms with Crippen LogP contribution >= 0.6 is 0 Å². The van der Waals surface area contributed by atoms with E-state index in [-0.39, 0.29) is 11.5 Å². The van der Waals surface area contributed by atoms with Gasteiger partial charge in [0.1, 0.15) is 17.5 Å². The molecule has 1 aromatic heterocycles. The molecule has 1 atom stereocenters. The maximum atomic E-state index is 12.2. The van der Waals surface area contributed by atoms with Gasteiger partial charge >= 0.3 is 5.97 Å². The maximum absolute atomic E-state index is 12.2. The Labute approximate surface area is 128 Å². The smallest absolute Gasteiger partial charge is 0.326 e. The zero-order valence-electron chi connectivity index (χ0n) is 12.6. The second-order valence-electron chi connectivity index (χ2n) is 5.51. The average Bonchev–Trinajstić information content (AvgIpc) is 2.46. The molecule has 22 heavy (non-hydrogen) atoms. The van der Waals surface area contributed by atoms with Crippen LogP contribution in [0.5, 0.6) is 11.5 Å². The zero-order valence-corrected chi connectivity index (χ0v) is 12.6. The first-order valence-corrected chi connectivity index (χ1v) is 7.15. The summed E-state index contributed by atoms with van der Waals surface area (Å²) in [7, 11) is 0. The van der Waals surface area contributed by atoms with Gasteiger partial charge in [0.05, 0.1) is 0 Å². The summed E-state index contributed by atoms with van der Waals surface area (Å²) >= 11 is 0. The van der Waals surface area contributed by atoms with Crippen molar-refractivity contribution in [2.45, 2.75) is 26.3 Å². The SMILES string of the molecule is CC(C)CC(C(=O)O)n1ccc(Oc2ccccc2)cc1=O. The van der Waals surface area contributed by atoms with Crippen LogP contribution < -0.4 is 10.3 Å². The van der Waals surface area contributed by atoms with Gasteiger partial charge in [0.15, 0.2) is 0 Å². The Bertz CT molecular complexity index is 691. The molecule has 0 saturated heterocycles. The number of carboxylic acid groups (broad SMARTS) is 1. The van der Waals surface area contributed by atoms with Gasteiger partial charge < -0.3 is 14.4 Å². The average molecular weight is 301 g/mol. The molecule has 1 heterocycles. The van der Waals surface area contributed by atoms with Crippen LogP contribution in [0.2, 0.25) is 0 Å². The molecule has 0 saturated carbocycles. The lowest BCUT2D eigenvalue weighted by molar-refractivity contribution is -0.141. The molecule has 1 unspecified atom stereocenters. The first-order valence-electron chi connectivity index (χ1n) is 7.15. The van der Waals surface area contributed by atoms with Crippen molar-refractivity contribution >= 4 is 5.97 Å². The van der Waals surface area contributed by atoms with E-state index in [1.54, 1.807) is 18.2 Å². The van der Waals surface area contributed by atoms with Gasteiger partial charge in [-0.25, -0.2) is 4.79 Å². The van der Waals surface area contributed by atoms with E-state index >= 15 is 0 Å². The Balaban J connectivity index is 2.25. The molecule has 2 rings (SSSR count). The highest BCUT2D eigenvalue weighted by Crippen LogP contribution is 2.21. The summed E-state index contributed by atoms with van der Waals surface area (Å²) in [5, 5.41) is 9.31. The molecule has 0 aliphatic carbocycles. The number of para-hydroxylation sites is 1. The molecule has 0 amide bonds. The molecule has 2 aromatic rings. The van der Waals surface area contributed by atoms with Crippen LogP contribution in [0.4, 0.5) is 0 Å². The van der Waals surface area contributed by atoms with Crippen LogP contribution in [0.1, 0.15) is 26.3 Å². The highest BCUT2D eigenvalue weighted by Gasteiger charge is 2.21. The lowest BCUT2D eigenvalue weighted by atomic mass is 10.0.